The molecule has 0 unspecified atom stereocenters. The van der Waals surface area contributed by atoms with E-state index in [0.29, 0.717) is 18.2 Å². The van der Waals surface area contributed by atoms with Crippen molar-refractivity contribution in [2.75, 3.05) is 5.32 Å². The number of hydrogen-bond donors (Lipinski definition) is 1. The highest BCUT2D eigenvalue weighted by Crippen LogP contribution is 2.20. The second-order valence-corrected chi connectivity index (χ2v) is 6.84. The summed E-state index contributed by atoms with van der Waals surface area (Å²) in [6.07, 6.45) is 0. The van der Waals surface area contributed by atoms with E-state index in [9.17, 15) is 4.79 Å². The molecule has 2 aromatic heterocycles. The minimum atomic E-state index is -0.321. The molecule has 0 bridgehead atoms. The standard InChI is InChI=1S/C21H22N6O/c1-5-26-18-9-7-6-8-16(18)22-21(26)23-20(28)19-15(4)24-27(25-19)17-11-10-13(2)12-14(17)3/h6-12H,5H2,1-4H3,(H,22,23,28). The van der Waals surface area contributed by atoms with Crippen molar-refractivity contribution >= 4 is 22.9 Å². The molecule has 0 spiro atoms. The Morgan fingerprint density at radius 2 is 1.86 bits per heavy atom. The van der Waals surface area contributed by atoms with Crippen molar-refractivity contribution in [3.63, 3.8) is 0 Å². The van der Waals surface area contributed by atoms with Crippen LogP contribution in [0.3, 0.4) is 0 Å². The Morgan fingerprint density at radius 3 is 2.61 bits per heavy atom. The number of aromatic nitrogens is 5. The van der Waals surface area contributed by atoms with Crippen molar-refractivity contribution in [1.82, 2.24) is 24.5 Å². The molecule has 28 heavy (non-hydrogen) atoms. The van der Waals surface area contributed by atoms with Gasteiger partial charge >= 0.3 is 0 Å². The van der Waals surface area contributed by atoms with Gasteiger partial charge in [-0.25, -0.2) is 4.98 Å². The van der Waals surface area contributed by atoms with Crippen LogP contribution in [-0.2, 0) is 6.54 Å². The fourth-order valence-electron chi connectivity index (χ4n) is 3.38. The Hall–Kier alpha value is -3.48. The first-order valence-corrected chi connectivity index (χ1v) is 9.26. The minimum absolute atomic E-state index is 0.287. The quantitative estimate of drug-likeness (QED) is 0.589. The van der Waals surface area contributed by atoms with Crippen LogP contribution in [-0.4, -0.2) is 30.5 Å². The van der Waals surface area contributed by atoms with E-state index in [0.717, 1.165) is 22.3 Å². The van der Waals surface area contributed by atoms with Gasteiger partial charge in [0.15, 0.2) is 5.69 Å². The maximum absolute atomic E-state index is 12.9. The molecule has 142 valence electrons. The number of aryl methyl sites for hydroxylation is 4. The van der Waals surface area contributed by atoms with Crippen LogP contribution in [0.25, 0.3) is 16.7 Å². The molecule has 4 rings (SSSR count). The number of hydrogen-bond acceptors (Lipinski definition) is 4. The molecule has 1 N–H and O–H groups in total. The molecule has 2 aromatic carbocycles. The van der Waals surface area contributed by atoms with Crippen LogP contribution >= 0.6 is 0 Å². The summed E-state index contributed by atoms with van der Waals surface area (Å²) >= 11 is 0. The van der Waals surface area contributed by atoms with Gasteiger partial charge in [0.1, 0.15) is 0 Å². The van der Waals surface area contributed by atoms with Gasteiger partial charge < -0.3 is 4.57 Å². The molecule has 7 heteroatoms. The van der Waals surface area contributed by atoms with Gasteiger partial charge in [-0.05, 0) is 51.5 Å². The summed E-state index contributed by atoms with van der Waals surface area (Å²) in [6.45, 7) is 8.54. The van der Waals surface area contributed by atoms with E-state index in [1.807, 2.05) is 61.7 Å². The monoisotopic (exact) mass is 374 g/mol. The van der Waals surface area contributed by atoms with E-state index in [-0.39, 0.29) is 11.6 Å². The van der Waals surface area contributed by atoms with Crippen LogP contribution in [0.15, 0.2) is 42.5 Å². The van der Waals surface area contributed by atoms with Crippen molar-refractivity contribution < 1.29 is 4.79 Å². The Balaban J connectivity index is 1.67. The summed E-state index contributed by atoms with van der Waals surface area (Å²) in [6, 6.07) is 13.8. The molecule has 0 radical (unpaired) electrons. The van der Waals surface area contributed by atoms with E-state index >= 15 is 0 Å². The van der Waals surface area contributed by atoms with Gasteiger partial charge in [-0.3, -0.25) is 10.1 Å². The zero-order valence-electron chi connectivity index (χ0n) is 16.4. The van der Waals surface area contributed by atoms with Crippen molar-refractivity contribution in [1.29, 1.82) is 0 Å². The first-order chi connectivity index (χ1) is 13.5. The molecule has 0 aliphatic carbocycles. The molecule has 2 heterocycles. The first-order valence-electron chi connectivity index (χ1n) is 9.26. The summed E-state index contributed by atoms with van der Waals surface area (Å²) in [7, 11) is 0. The molecule has 0 aliphatic heterocycles. The molecular formula is C21H22N6O. The summed E-state index contributed by atoms with van der Waals surface area (Å²) < 4.78 is 1.97. The van der Waals surface area contributed by atoms with Crippen LogP contribution < -0.4 is 5.32 Å². The van der Waals surface area contributed by atoms with Crippen molar-refractivity contribution in [2.24, 2.45) is 0 Å². The van der Waals surface area contributed by atoms with Gasteiger partial charge in [0.25, 0.3) is 5.91 Å². The van der Waals surface area contributed by atoms with Crippen LogP contribution in [0.1, 0.15) is 34.2 Å². The molecule has 1 amide bonds. The SMILES string of the molecule is CCn1c(NC(=O)c2nn(-c3ccc(C)cc3C)nc2C)nc2ccccc21. The number of anilines is 1. The van der Waals surface area contributed by atoms with E-state index in [1.54, 1.807) is 6.92 Å². The lowest BCUT2D eigenvalue weighted by molar-refractivity contribution is 0.102. The Labute approximate surface area is 163 Å². The predicted molar refractivity (Wildman–Crippen MR) is 109 cm³/mol. The Kier molecular flexibility index (Phi) is 4.43. The third kappa shape index (κ3) is 3.05. The average molecular weight is 374 g/mol. The second kappa shape index (κ2) is 6.92. The highest BCUT2D eigenvalue weighted by Gasteiger charge is 2.20. The molecule has 4 aromatic rings. The normalized spacial score (nSPS) is 11.1. The highest BCUT2D eigenvalue weighted by atomic mass is 16.2. The molecule has 0 atom stereocenters. The van der Waals surface area contributed by atoms with Crippen LogP contribution in [0, 0.1) is 20.8 Å². The summed E-state index contributed by atoms with van der Waals surface area (Å²) in [5.41, 5.74) is 5.75. The van der Waals surface area contributed by atoms with E-state index in [4.69, 9.17) is 0 Å². The predicted octanol–water partition coefficient (Wildman–Crippen LogP) is 3.81. The number of para-hydroxylation sites is 2. The van der Waals surface area contributed by atoms with Crippen LogP contribution in [0.2, 0.25) is 0 Å². The number of amides is 1. The third-order valence-corrected chi connectivity index (χ3v) is 4.76. The Morgan fingerprint density at radius 1 is 1.07 bits per heavy atom. The number of fused-ring (bicyclic) bond motifs is 1. The number of carbonyl (C=O) groups is 1. The van der Waals surface area contributed by atoms with E-state index < -0.39 is 0 Å². The lowest BCUT2D eigenvalue weighted by Crippen LogP contribution is -2.17. The second-order valence-electron chi connectivity index (χ2n) is 6.84. The fraction of sp³-hybridized carbons (Fsp3) is 0.238. The molecule has 0 saturated heterocycles. The van der Waals surface area contributed by atoms with Crippen LogP contribution in [0.4, 0.5) is 5.95 Å². The molecule has 0 aliphatic rings. The number of nitrogens with one attached hydrogen (secondary N) is 1. The first kappa shape index (κ1) is 17.9. The van der Waals surface area contributed by atoms with Gasteiger partial charge in [-0.2, -0.15) is 9.90 Å². The summed E-state index contributed by atoms with van der Waals surface area (Å²) in [5, 5.41) is 11.8. The topological polar surface area (TPSA) is 77.6 Å². The number of nitrogens with zero attached hydrogens (tertiary/aromatic N) is 5. The zero-order valence-corrected chi connectivity index (χ0v) is 16.4. The lowest BCUT2D eigenvalue weighted by Gasteiger charge is -2.06. The van der Waals surface area contributed by atoms with Gasteiger partial charge in [0, 0.05) is 6.54 Å². The number of carbonyl (C=O) groups excluding carboxylic acids is 1. The van der Waals surface area contributed by atoms with Gasteiger partial charge in [0.2, 0.25) is 5.95 Å². The molecule has 0 saturated carbocycles. The van der Waals surface area contributed by atoms with Gasteiger partial charge in [-0.15, -0.1) is 5.10 Å². The van der Waals surface area contributed by atoms with Crippen molar-refractivity contribution in [3.8, 4) is 5.69 Å². The minimum Gasteiger partial charge on any atom is -0.310 e. The summed E-state index contributed by atoms with van der Waals surface area (Å²) in [5.74, 6) is 0.188. The highest BCUT2D eigenvalue weighted by molar-refractivity contribution is 6.03. The molecule has 0 fully saturated rings. The van der Waals surface area contributed by atoms with E-state index in [2.05, 4.69) is 26.6 Å². The number of imidazole rings is 1. The smallest absolute Gasteiger partial charge is 0.280 e. The number of benzene rings is 2. The van der Waals surface area contributed by atoms with Gasteiger partial charge in [-0.1, -0.05) is 29.8 Å². The number of rotatable bonds is 4. The molecular weight excluding hydrogens is 352 g/mol. The van der Waals surface area contributed by atoms with Crippen LogP contribution in [0.5, 0.6) is 0 Å². The van der Waals surface area contributed by atoms with Crippen molar-refractivity contribution in [2.45, 2.75) is 34.2 Å². The fourth-order valence-corrected chi connectivity index (χ4v) is 3.38. The maximum Gasteiger partial charge on any atom is 0.280 e. The zero-order chi connectivity index (χ0) is 19.8. The van der Waals surface area contributed by atoms with Crippen molar-refractivity contribution in [3.05, 3.63) is 65.0 Å². The Bertz CT molecular complexity index is 1190. The largest absolute Gasteiger partial charge is 0.310 e. The lowest BCUT2D eigenvalue weighted by atomic mass is 10.1. The van der Waals surface area contributed by atoms with Gasteiger partial charge in [0.05, 0.1) is 22.4 Å². The molecule has 7 nitrogen and oxygen atoms in total. The maximum atomic E-state index is 12.9. The summed E-state index contributed by atoms with van der Waals surface area (Å²) in [4.78, 5) is 18.9. The third-order valence-electron chi connectivity index (χ3n) is 4.76. The average Bonchev–Trinajstić information content (AvgIpc) is 3.21. The van der Waals surface area contributed by atoms with E-state index in [1.165, 1.54) is 10.4 Å².